The summed E-state index contributed by atoms with van der Waals surface area (Å²) in [4.78, 5) is 4.20. The van der Waals surface area contributed by atoms with E-state index >= 15 is 0 Å². The summed E-state index contributed by atoms with van der Waals surface area (Å²) in [5.74, 6) is 0.554. The number of halogens is 4. The van der Waals surface area contributed by atoms with Gasteiger partial charge in [0.2, 0.25) is 0 Å². The topological polar surface area (TPSA) is 22.1 Å². The first kappa shape index (κ1) is 13.8. The number of rotatable bonds is 2. The van der Waals surface area contributed by atoms with Crippen molar-refractivity contribution in [1.29, 1.82) is 0 Å². The predicted molar refractivity (Wildman–Crippen MR) is 76.3 cm³/mol. The van der Waals surface area contributed by atoms with E-state index in [1.54, 1.807) is 18.2 Å². The van der Waals surface area contributed by atoms with Gasteiger partial charge in [-0.25, -0.2) is 0 Å². The van der Waals surface area contributed by atoms with E-state index in [0.29, 0.717) is 37.1 Å². The molecule has 94 valence electrons. The summed E-state index contributed by atoms with van der Waals surface area (Å²) in [5.41, 5.74) is 0.980. The zero-order valence-corrected chi connectivity index (χ0v) is 12.2. The van der Waals surface area contributed by atoms with Gasteiger partial charge < -0.3 is 4.74 Å². The molecule has 1 heterocycles. The quantitative estimate of drug-likeness (QED) is 0.693. The number of methoxy groups -OCH3 is 1. The van der Waals surface area contributed by atoms with Gasteiger partial charge in [-0.2, -0.15) is 0 Å². The molecule has 0 radical (unpaired) electrons. The van der Waals surface area contributed by atoms with E-state index in [9.17, 15) is 0 Å². The van der Waals surface area contributed by atoms with Crippen molar-refractivity contribution in [3.05, 3.63) is 44.5 Å². The molecule has 1 aromatic heterocycles. The Balaban J connectivity index is 2.66. The fraction of sp³-hybridized carbons (Fsp3) is 0.0833. The first-order valence-electron chi connectivity index (χ1n) is 4.88. The van der Waals surface area contributed by atoms with E-state index < -0.39 is 0 Å². The van der Waals surface area contributed by atoms with Crippen molar-refractivity contribution in [3.8, 4) is 17.0 Å². The number of hydrogen-bond donors (Lipinski definition) is 0. The Kier molecular flexibility index (Phi) is 4.23. The second-order valence-electron chi connectivity index (χ2n) is 3.42. The van der Waals surface area contributed by atoms with Crippen molar-refractivity contribution >= 4 is 46.4 Å². The third-order valence-electron chi connectivity index (χ3n) is 2.33. The van der Waals surface area contributed by atoms with E-state index in [1.165, 1.54) is 13.3 Å². The summed E-state index contributed by atoms with van der Waals surface area (Å²) in [6.07, 6.45) is 1.54. The summed E-state index contributed by atoms with van der Waals surface area (Å²) in [7, 11) is 1.53. The van der Waals surface area contributed by atoms with Crippen molar-refractivity contribution in [2.45, 2.75) is 0 Å². The summed E-state index contributed by atoms with van der Waals surface area (Å²) in [6.45, 7) is 0. The van der Waals surface area contributed by atoms with Gasteiger partial charge in [-0.15, -0.1) is 0 Å². The minimum atomic E-state index is 0.323. The van der Waals surface area contributed by atoms with Crippen molar-refractivity contribution in [2.24, 2.45) is 0 Å². The lowest BCUT2D eigenvalue weighted by Gasteiger charge is -2.10. The fourth-order valence-electron chi connectivity index (χ4n) is 1.46. The van der Waals surface area contributed by atoms with Crippen molar-refractivity contribution in [2.75, 3.05) is 7.11 Å². The highest BCUT2D eigenvalue weighted by Crippen LogP contribution is 2.41. The average molecular weight is 323 g/mol. The molecule has 2 nitrogen and oxygen atoms in total. The molecule has 0 atom stereocenters. The summed E-state index contributed by atoms with van der Waals surface area (Å²) in [6, 6.07) is 4.90. The van der Waals surface area contributed by atoms with Crippen LogP contribution in [0.3, 0.4) is 0 Å². The Morgan fingerprint density at radius 2 is 1.67 bits per heavy atom. The first-order chi connectivity index (χ1) is 8.54. The van der Waals surface area contributed by atoms with Crippen molar-refractivity contribution in [1.82, 2.24) is 4.98 Å². The number of aromatic nitrogens is 1. The van der Waals surface area contributed by atoms with Crippen LogP contribution in [0.1, 0.15) is 0 Å². The molecule has 0 aliphatic rings. The highest BCUT2D eigenvalue weighted by Gasteiger charge is 2.16. The molecule has 0 saturated heterocycles. The Morgan fingerprint density at radius 3 is 2.28 bits per heavy atom. The van der Waals surface area contributed by atoms with Gasteiger partial charge in [0.25, 0.3) is 0 Å². The second kappa shape index (κ2) is 5.54. The molecule has 0 saturated carbocycles. The van der Waals surface area contributed by atoms with Crippen molar-refractivity contribution in [3.63, 3.8) is 0 Å². The molecule has 0 bridgehead atoms. The molecule has 0 aliphatic carbocycles. The smallest absolute Gasteiger partial charge is 0.138 e. The molecule has 0 spiro atoms. The number of pyridine rings is 1. The molecule has 18 heavy (non-hydrogen) atoms. The van der Waals surface area contributed by atoms with Crippen LogP contribution in [0, 0.1) is 0 Å². The van der Waals surface area contributed by atoms with Gasteiger partial charge in [0, 0.05) is 11.6 Å². The molecular weight excluding hydrogens is 316 g/mol. The SMILES string of the molecule is COc1cnc(-c2c(Cl)ccc(Cl)c2Cl)c(Cl)c1. The molecule has 0 fully saturated rings. The number of nitrogens with zero attached hydrogens (tertiary/aromatic N) is 1. The lowest BCUT2D eigenvalue weighted by Crippen LogP contribution is -1.91. The zero-order valence-electron chi connectivity index (χ0n) is 9.18. The summed E-state index contributed by atoms with van der Waals surface area (Å²) < 4.78 is 5.03. The summed E-state index contributed by atoms with van der Waals surface area (Å²) in [5, 5.41) is 1.54. The average Bonchev–Trinajstić information content (AvgIpc) is 2.36. The molecule has 0 amide bonds. The van der Waals surface area contributed by atoms with Crippen molar-refractivity contribution < 1.29 is 4.74 Å². The Bertz CT molecular complexity index is 601. The maximum Gasteiger partial charge on any atom is 0.138 e. The fourth-order valence-corrected chi connectivity index (χ4v) is 2.42. The standard InChI is InChI=1S/C12H7Cl4NO/c1-18-6-4-9(15)12(17-5-6)10-7(13)2-3-8(14)11(10)16/h2-5H,1H3. The number of ether oxygens (including phenoxy) is 1. The zero-order chi connectivity index (χ0) is 13.3. The molecule has 1 aromatic carbocycles. The molecule has 0 unspecified atom stereocenters. The van der Waals surface area contributed by atoms with Gasteiger partial charge >= 0.3 is 0 Å². The van der Waals surface area contributed by atoms with E-state index in [2.05, 4.69) is 4.98 Å². The predicted octanol–water partition coefficient (Wildman–Crippen LogP) is 5.37. The van der Waals surface area contributed by atoms with Gasteiger partial charge in [0.05, 0.1) is 39.1 Å². The van der Waals surface area contributed by atoms with Crippen LogP contribution in [-0.4, -0.2) is 12.1 Å². The minimum absolute atomic E-state index is 0.323. The normalized spacial score (nSPS) is 10.5. The third kappa shape index (κ3) is 2.52. The van der Waals surface area contributed by atoms with E-state index in [1.807, 2.05) is 0 Å². The first-order valence-corrected chi connectivity index (χ1v) is 6.39. The van der Waals surface area contributed by atoms with Gasteiger partial charge in [0.1, 0.15) is 5.75 Å². The molecule has 6 heteroatoms. The minimum Gasteiger partial charge on any atom is -0.495 e. The lowest BCUT2D eigenvalue weighted by molar-refractivity contribution is 0.413. The van der Waals surface area contributed by atoms with Gasteiger partial charge in [0.15, 0.2) is 0 Å². The highest BCUT2D eigenvalue weighted by molar-refractivity contribution is 6.46. The maximum absolute atomic E-state index is 6.14. The van der Waals surface area contributed by atoms with E-state index in [-0.39, 0.29) is 0 Å². The van der Waals surface area contributed by atoms with Crippen LogP contribution in [0.25, 0.3) is 11.3 Å². The Morgan fingerprint density at radius 1 is 1.00 bits per heavy atom. The van der Waals surface area contributed by atoms with Crippen LogP contribution in [0.4, 0.5) is 0 Å². The molecule has 0 N–H and O–H groups in total. The van der Waals surface area contributed by atoms with E-state index in [0.717, 1.165) is 0 Å². The number of hydrogen-bond acceptors (Lipinski definition) is 2. The van der Waals surface area contributed by atoms with Crippen LogP contribution >= 0.6 is 46.4 Å². The van der Waals surface area contributed by atoms with Crippen LogP contribution in [-0.2, 0) is 0 Å². The van der Waals surface area contributed by atoms with Gasteiger partial charge in [-0.05, 0) is 12.1 Å². The third-order valence-corrected chi connectivity index (χ3v) is 3.74. The highest BCUT2D eigenvalue weighted by atomic mass is 35.5. The monoisotopic (exact) mass is 321 g/mol. The summed E-state index contributed by atoms with van der Waals surface area (Å²) >= 11 is 24.3. The Hall–Kier alpha value is -0.670. The maximum atomic E-state index is 6.14. The van der Waals surface area contributed by atoms with Crippen LogP contribution in [0.15, 0.2) is 24.4 Å². The number of benzene rings is 1. The van der Waals surface area contributed by atoms with Gasteiger partial charge in [-0.3, -0.25) is 4.98 Å². The molecular formula is C12H7Cl4NO. The van der Waals surface area contributed by atoms with E-state index in [4.69, 9.17) is 51.1 Å². The van der Waals surface area contributed by atoms with Gasteiger partial charge in [-0.1, -0.05) is 46.4 Å². The molecule has 2 rings (SSSR count). The lowest BCUT2D eigenvalue weighted by atomic mass is 10.1. The van der Waals surface area contributed by atoms with Crippen LogP contribution < -0.4 is 4.74 Å². The van der Waals surface area contributed by atoms with Crippen LogP contribution in [0.2, 0.25) is 20.1 Å². The molecule has 0 aliphatic heterocycles. The molecule has 2 aromatic rings. The largest absolute Gasteiger partial charge is 0.495 e. The second-order valence-corrected chi connectivity index (χ2v) is 5.02. The Labute approximate surface area is 124 Å². The van der Waals surface area contributed by atoms with Crippen LogP contribution in [0.5, 0.6) is 5.75 Å².